The lowest BCUT2D eigenvalue weighted by Gasteiger charge is -2.24. The maximum Gasteiger partial charge on any atom is 0.322 e. The summed E-state index contributed by atoms with van der Waals surface area (Å²) in [7, 11) is 0. The molecule has 0 aliphatic rings. The Morgan fingerprint density at radius 2 is 1.24 bits per heavy atom. The fourth-order valence-corrected chi connectivity index (χ4v) is 4.93. The molecule has 0 aromatic heterocycles. The van der Waals surface area contributed by atoms with Crippen LogP contribution in [0.1, 0.15) is 52.2 Å². The fourth-order valence-electron chi connectivity index (χ4n) is 4.93. The minimum Gasteiger partial charge on any atom is -0.488 e. The van der Waals surface area contributed by atoms with Crippen LogP contribution in [0.5, 0.6) is 5.75 Å². The monoisotopic (exact) mass is 751 g/mol. The molecule has 0 saturated heterocycles. The van der Waals surface area contributed by atoms with Crippen LogP contribution in [0.4, 0.5) is 0 Å². The lowest BCUT2D eigenvalue weighted by Crippen LogP contribution is -2.56. The largest absolute Gasteiger partial charge is 0.488 e. The average molecular weight is 752 g/mol. The van der Waals surface area contributed by atoms with E-state index in [0.29, 0.717) is 16.9 Å². The van der Waals surface area contributed by atoms with Gasteiger partial charge in [0.1, 0.15) is 42.6 Å². The van der Waals surface area contributed by atoms with E-state index in [4.69, 9.17) is 15.4 Å². The molecule has 0 aliphatic carbocycles. The summed E-state index contributed by atoms with van der Waals surface area (Å²) in [4.78, 5) is 90.7. The maximum atomic E-state index is 13.4. The number of azide groups is 1. The molecule has 3 atom stereocenters. The van der Waals surface area contributed by atoms with Crippen molar-refractivity contribution in [1.29, 1.82) is 0 Å². The number of carboxylic acids is 1. The van der Waals surface area contributed by atoms with Gasteiger partial charge in [-0.1, -0.05) is 61.4 Å². The Labute approximate surface area is 313 Å². The van der Waals surface area contributed by atoms with Gasteiger partial charge in [0.25, 0.3) is 0 Å². The van der Waals surface area contributed by atoms with Gasteiger partial charge in [0, 0.05) is 17.8 Å². The Bertz CT molecular complexity index is 1660. The Hall–Kier alpha value is -6.16. The van der Waals surface area contributed by atoms with Gasteiger partial charge in [-0.2, -0.15) is 0 Å². The topological polar surface area (TPSA) is 270 Å². The second-order valence-electron chi connectivity index (χ2n) is 13.7. The van der Waals surface area contributed by atoms with E-state index in [-0.39, 0.29) is 25.2 Å². The first-order valence-electron chi connectivity index (χ1n) is 17.2. The van der Waals surface area contributed by atoms with Crippen LogP contribution in [0.25, 0.3) is 10.4 Å². The van der Waals surface area contributed by atoms with Gasteiger partial charge in [-0.25, -0.2) is 0 Å². The number of carboxylic acid groups (broad SMARTS) is 1. The highest BCUT2D eigenvalue weighted by Gasteiger charge is 2.28. The SMILES string of the molecule is CC(C)C[C@H](NC(=O)[C@H](Cc1ccccc1)NC(=O)CNC(=O)CNC(=O)[C@H](Cc1ccc(OC(C)(C)C)cc1)NC(=O)CN=[N+]=[N-])C(=O)NCC(=O)O. The number of nitrogens with zero attached hydrogens (tertiary/aromatic N) is 3. The molecule has 18 heteroatoms. The second-order valence-corrected chi connectivity index (χ2v) is 13.7. The summed E-state index contributed by atoms with van der Waals surface area (Å²) < 4.78 is 5.81. The second kappa shape index (κ2) is 22.0. The van der Waals surface area contributed by atoms with Crippen molar-refractivity contribution < 1.29 is 43.4 Å². The summed E-state index contributed by atoms with van der Waals surface area (Å²) in [6.07, 6.45) is 0.256. The third-order valence-corrected chi connectivity index (χ3v) is 7.27. The molecule has 292 valence electrons. The number of hydrogen-bond acceptors (Lipinski definition) is 9. The minimum absolute atomic E-state index is 0.0256. The van der Waals surface area contributed by atoms with Gasteiger partial charge in [-0.05, 0) is 61.9 Å². The molecule has 2 aromatic rings. The number of carbonyl (C=O) groups is 7. The first-order valence-corrected chi connectivity index (χ1v) is 17.2. The Morgan fingerprint density at radius 3 is 1.81 bits per heavy atom. The number of carbonyl (C=O) groups excluding carboxylic acids is 6. The summed E-state index contributed by atoms with van der Waals surface area (Å²) in [6, 6.07) is 12.2. The lowest BCUT2D eigenvalue weighted by atomic mass is 10.0. The molecule has 0 saturated carbocycles. The molecular formula is C36H49N9O9. The Morgan fingerprint density at radius 1 is 0.704 bits per heavy atom. The molecule has 7 N–H and O–H groups in total. The number of nitrogens with one attached hydrogen (secondary N) is 6. The highest BCUT2D eigenvalue weighted by molar-refractivity contribution is 5.95. The fraction of sp³-hybridized carbons (Fsp3) is 0.472. The molecule has 0 heterocycles. The molecule has 0 fully saturated rings. The van der Waals surface area contributed by atoms with E-state index < -0.39 is 91.3 Å². The van der Waals surface area contributed by atoms with E-state index in [1.165, 1.54) is 0 Å². The molecule has 2 rings (SSSR count). The Balaban J connectivity index is 2.06. The molecule has 0 aliphatic heterocycles. The predicted octanol–water partition coefficient (Wildman–Crippen LogP) is 0.893. The van der Waals surface area contributed by atoms with Gasteiger partial charge < -0.3 is 41.7 Å². The first kappa shape index (κ1) is 44.0. The zero-order chi connectivity index (χ0) is 40.3. The summed E-state index contributed by atoms with van der Waals surface area (Å²) >= 11 is 0. The van der Waals surface area contributed by atoms with Crippen LogP contribution in [-0.2, 0) is 46.4 Å². The van der Waals surface area contributed by atoms with E-state index in [2.05, 4.69) is 41.9 Å². The van der Waals surface area contributed by atoms with E-state index >= 15 is 0 Å². The van der Waals surface area contributed by atoms with Gasteiger partial charge in [-0.3, -0.25) is 33.6 Å². The van der Waals surface area contributed by atoms with Crippen LogP contribution in [0.15, 0.2) is 59.7 Å². The molecule has 0 radical (unpaired) electrons. The highest BCUT2D eigenvalue weighted by Crippen LogP contribution is 2.19. The Kier molecular flexibility index (Phi) is 18.0. The molecular weight excluding hydrogens is 702 g/mol. The van der Waals surface area contributed by atoms with Crippen molar-refractivity contribution in [2.24, 2.45) is 11.0 Å². The third kappa shape index (κ3) is 17.9. The van der Waals surface area contributed by atoms with Crippen molar-refractivity contribution in [2.45, 2.75) is 77.6 Å². The minimum atomic E-state index is -1.25. The van der Waals surface area contributed by atoms with Crippen LogP contribution >= 0.6 is 0 Å². The van der Waals surface area contributed by atoms with Crippen LogP contribution in [0, 0.1) is 5.92 Å². The van der Waals surface area contributed by atoms with Gasteiger partial charge in [0.2, 0.25) is 35.4 Å². The van der Waals surface area contributed by atoms with Crippen molar-refractivity contribution in [3.8, 4) is 5.75 Å². The first-order chi connectivity index (χ1) is 25.4. The molecule has 0 bridgehead atoms. The number of benzene rings is 2. The summed E-state index contributed by atoms with van der Waals surface area (Å²) in [5, 5.41) is 26.9. The van der Waals surface area contributed by atoms with Crippen molar-refractivity contribution >= 4 is 41.4 Å². The number of aliphatic carboxylic acids is 1. The normalized spacial score (nSPS) is 12.5. The average Bonchev–Trinajstić information content (AvgIpc) is 3.10. The van der Waals surface area contributed by atoms with Crippen molar-refractivity contribution in [3.05, 3.63) is 76.2 Å². The molecule has 0 unspecified atom stereocenters. The van der Waals surface area contributed by atoms with Crippen molar-refractivity contribution in [1.82, 2.24) is 31.9 Å². The van der Waals surface area contributed by atoms with Crippen LogP contribution < -0.4 is 36.6 Å². The van der Waals surface area contributed by atoms with E-state index in [0.717, 1.165) is 0 Å². The smallest absolute Gasteiger partial charge is 0.322 e. The van der Waals surface area contributed by atoms with Crippen molar-refractivity contribution in [3.63, 3.8) is 0 Å². The maximum absolute atomic E-state index is 13.4. The molecule has 0 spiro atoms. The quantitative estimate of drug-likeness (QED) is 0.0542. The van der Waals surface area contributed by atoms with E-state index in [1.807, 2.05) is 34.6 Å². The van der Waals surface area contributed by atoms with E-state index in [1.54, 1.807) is 54.6 Å². The zero-order valence-corrected chi connectivity index (χ0v) is 31.0. The standard InChI is InChI=1S/C36H49N9O9/c1-22(2)15-26(33(51)40-21-32(49)50)44-35(53)28(16-23-9-7-6-8-10-23)43-30(47)19-38-29(46)18-39-34(52)27(42-31(48)20-41-45-37)17-24-11-13-25(14-12-24)54-36(3,4)5/h6-14,22,26-28H,15-21H2,1-5H3,(H,38,46)(H,39,52)(H,40,51)(H,42,48)(H,43,47)(H,44,53)(H,49,50)/t26-,27-,28-/m0/s1. The summed E-state index contributed by atoms with van der Waals surface area (Å²) in [6.45, 7) is 7.01. The summed E-state index contributed by atoms with van der Waals surface area (Å²) in [5.41, 5.74) is 9.48. The molecule has 18 nitrogen and oxygen atoms in total. The lowest BCUT2D eigenvalue weighted by molar-refractivity contribution is -0.138. The highest BCUT2D eigenvalue weighted by atomic mass is 16.5. The zero-order valence-electron chi connectivity index (χ0n) is 31.0. The number of rotatable bonds is 21. The molecule has 2 aromatic carbocycles. The number of ether oxygens (including phenoxy) is 1. The van der Waals surface area contributed by atoms with Gasteiger partial charge in [-0.15, -0.1) is 0 Å². The predicted molar refractivity (Wildman–Crippen MR) is 197 cm³/mol. The third-order valence-electron chi connectivity index (χ3n) is 7.27. The van der Waals surface area contributed by atoms with Gasteiger partial charge in [0.05, 0.1) is 13.1 Å². The molecule has 54 heavy (non-hydrogen) atoms. The van der Waals surface area contributed by atoms with Gasteiger partial charge >= 0.3 is 5.97 Å². The number of hydrogen-bond donors (Lipinski definition) is 7. The van der Waals surface area contributed by atoms with Crippen LogP contribution in [-0.4, -0.2) is 96.4 Å². The van der Waals surface area contributed by atoms with Crippen LogP contribution in [0.2, 0.25) is 0 Å². The van der Waals surface area contributed by atoms with Crippen molar-refractivity contribution in [2.75, 3.05) is 26.2 Å². The summed E-state index contributed by atoms with van der Waals surface area (Å²) in [5.74, 6) is -5.03. The number of amides is 6. The van der Waals surface area contributed by atoms with Crippen LogP contribution in [0.3, 0.4) is 0 Å². The van der Waals surface area contributed by atoms with Gasteiger partial charge in [0.15, 0.2) is 0 Å². The van der Waals surface area contributed by atoms with E-state index in [9.17, 15) is 33.6 Å². The molecule has 6 amide bonds.